The smallest absolute Gasteiger partial charge is 0.0548 e. The van der Waals surface area contributed by atoms with E-state index in [0.29, 0.717) is 6.10 Å². The van der Waals surface area contributed by atoms with Gasteiger partial charge in [0.2, 0.25) is 0 Å². The summed E-state index contributed by atoms with van der Waals surface area (Å²) < 4.78 is 5.61. The predicted octanol–water partition coefficient (Wildman–Crippen LogP) is 5.48. The Morgan fingerprint density at radius 3 is 1.88 bits per heavy atom. The maximum absolute atomic E-state index is 5.61. The second-order valence-corrected chi connectivity index (χ2v) is 12.1. The van der Waals surface area contributed by atoms with Crippen LogP contribution in [-0.4, -0.2) is 21.3 Å². The first-order valence-corrected chi connectivity index (χ1v) is 11.2. The lowest BCUT2D eigenvalue weighted by molar-refractivity contribution is 0.107. The van der Waals surface area contributed by atoms with Crippen molar-refractivity contribution in [2.45, 2.75) is 90.1 Å². The van der Waals surface area contributed by atoms with Gasteiger partial charge in [-0.15, -0.1) is 0 Å². The van der Waals surface area contributed by atoms with Gasteiger partial charge in [0.15, 0.2) is 0 Å². The summed E-state index contributed by atoms with van der Waals surface area (Å²) in [4.78, 5) is 0. The Balaban J connectivity index is 3.44. The van der Waals surface area contributed by atoms with E-state index in [9.17, 15) is 0 Å². The molecular weight excluding hydrogens is 224 g/mol. The van der Waals surface area contributed by atoms with Crippen LogP contribution in [0.15, 0.2) is 0 Å². The number of rotatable bonds is 11. The van der Waals surface area contributed by atoms with Gasteiger partial charge in [-0.3, -0.25) is 0 Å². The van der Waals surface area contributed by atoms with Crippen LogP contribution in [0.5, 0.6) is 0 Å². The molecule has 2 heteroatoms. The van der Waals surface area contributed by atoms with E-state index < -0.39 is 8.07 Å². The van der Waals surface area contributed by atoms with Gasteiger partial charge in [0, 0.05) is 15.2 Å². The van der Waals surface area contributed by atoms with Crippen LogP contribution in [0.3, 0.4) is 0 Å². The molecule has 0 N–H and O–H groups in total. The monoisotopic (exact) mass is 258 g/mol. The lowest BCUT2D eigenvalue weighted by atomic mass is 10.1. The highest BCUT2D eigenvalue weighted by atomic mass is 28.3. The van der Waals surface area contributed by atoms with Gasteiger partial charge in [-0.2, -0.15) is 0 Å². The largest absolute Gasteiger partial charge is 0.382 e. The fraction of sp³-hybridized carbons (Fsp3) is 1.00. The van der Waals surface area contributed by atoms with Gasteiger partial charge in [-0.25, -0.2) is 0 Å². The minimum Gasteiger partial charge on any atom is -0.382 e. The van der Waals surface area contributed by atoms with E-state index in [-0.39, 0.29) is 0 Å². The van der Waals surface area contributed by atoms with Crippen molar-refractivity contribution in [1.29, 1.82) is 0 Å². The summed E-state index contributed by atoms with van der Waals surface area (Å²) in [6, 6.07) is 1.32. The molecule has 0 aromatic carbocycles. The normalized spacial score (nSPS) is 13.9. The van der Waals surface area contributed by atoms with Crippen molar-refractivity contribution < 1.29 is 4.74 Å². The molecule has 0 aliphatic rings. The molecule has 0 aromatic heterocycles. The average Bonchev–Trinajstić information content (AvgIpc) is 2.24. The summed E-state index contributed by atoms with van der Waals surface area (Å²) in [5.74, 6) is 0. The van der Waals surface area contributed by atoms with Gasteiger partial charge in [0.25, 0.3) is 0 Å². The van der Waals surface area contributed by atoms with Crippen LogP contribution in [0.25, 0.3) is 0 Å². The van der Waals surface area contributed by atoms with E-state index in [1.807, 2.05) is 7.11 Å². The Kier molecular flexibility index (Phi) is 10.2. The molecule has 0 heterocycles. The molecule has 0 saturated heterocycles. The van der Waals surface area contributed by atoms with Crippen molar-refractivity contribution in [3.63, 3.8) is 0 Å². The third kappa shape index (κ3) is 12.4. The van der Waals surface area contributed by atoms with Crippen LogP contribution in [-0.2, 0) is 4.74 Å². The molecule has 0 amide bonds. The molecule has 0 fully saturated rings. The zero-order valence-electron chi connectivity index (χ0n) is 12.8. The summed E-state index contributed by atoms with van der Waals surface area (Å²) in [6.45, 7) is 9.58. The molecule has 0 aliphatic carbocycles. The van der Waals surface area contributed by atoms with Crippen LogP contribution < -0.4 is 0 Å². The first-order chi connectivity index (χ1) is 7.99. The number of hydrogen-bond acceptors (Lipinski definition) is 1. The van der Waals surface area contributed by atoms with Crippen molar-refractivity contribution in [1.82, 2.24) is 0 Å². The maximum atomic E-state index is 5.61. The second kappa shape index (κ2) is 10.1. The third-order valence-electron chi connectivity index (χ3n) is 3.30. The molecular formula is C15H34OSi. The van der Waals surface area contributed by atoms with Crippen LogP contribution in [0.4, 0.5) is 0 Å². The van der Waals surface area contributed by atoms with E-state index >= 15 is 0 Å². The Bertz CT molecular complexity index is 163. The molecule has 1 atom stereocenters. The zero-order valence-corrected chi connectivity index (χ0v) is 13.8. The molecule has 1 unspecified atom stereocenters. The summed E-state index contributed by atoms with van der Waals surface area (Å²) in [7, 11) is 0.929. The van der Waals surface area contributed by atoms with Crippen molar-refractivity contribution in [2.75, 3.05) is 7.11 Å². The first-order valence-electron chi connectivity index (χ1n) is 7.52. The molecule has 0 rings (SSSR count). The number of unbranched alkanes of at least 4 members (excludes halogenated alkanes) is 6. The van der Waals surface area contributed by atoms with E-state index in [0.717, 1.165) is 0 Å². The van der Waals surface area contributed by atoms with Crippen LogP contribution in [0.1, 0.15) is 58.3 Å². The first kappa shape index (κ1) is 17.2. The van der Waals surface area contributed by atoms with Crippen LogP contribution in [0.2, 0.25) is 25.7 Å². The minimum absolute atomic E-state index is 0.525. The van der Waals surface area contributed by atoms with Crippen molar-refractivity contribution in [2.24, 2.45) is 0 Å². The van der Waals surface area contributed by atoms with Gasteiger partial charge < -0.3 is 4.74 Å². The number of ether oxygens (including phenoxy) is 1. The average molecular weight is 259 g/mol. The van der Waals surface area contributed by atoms with Crippen LogP contribution >= 0.6 is 0 Å². The fourth-order valence-corrected chi connectivity index (χ4v) is 4.05. The highest BCUT2D eigenvalue weighted by Crippen LogP contribution is 2.19. The topological polar surface area (TPSA) is 9.23 Å². The zero-order chi connectivity index (χ0) is 13.1. The lowest BCUT2D eigenvalue weighted by Gasteiger charge is -2.23. The van der Waals surface area contributed by atoms with Gasteiger partial charge in [0.1, 0.15) is 0 Å². The predicted molar refractivity (Wildman–Crippen MR) is 81.6 cm³/mol. The molecule has 104 valence electrons. The van der Waals surface area contributed by atoms with Gasteiger partial charge in [-0.1, -0.05) is 71.5 Å². The number of methoxy groups -OCH3 is 1. The molecule has 0 radical (unpaired) electrons. The molecule has 1 nitrogen and oxygen atoms in total. The summed E-state index contributed by atoms with van der Waals surface area (Å²) in [5, 5.41) is 0. The van der Waals surface area contributed by atoms with E-state index in [1.165, 1.54) is 57.4 Å². The molecule has 0 aromatic rings. The lowest BCUT2D eigenvalue weighted by Crippen LogP contribution is -2.27. The van der Waals surface area contributed by atoms with Crippen LogP contribution in [0, 0.1) is 0 Å². The molecule has 0 bridgehead atoms. The van der Waals surface area contributed by atoms with Gasteiger partial charge in [0.05, 0.1) is 6.10 Å². The summed E-state index contributed by atoms with van der Waals surface area (Å²) >= 11 is 0. The van der Waals surface area contributed by atoms with Crippen molar-refractivity contribution >= 4 is 8.07 Å². The third-order valence-corrected chi connectivity index (χ3v) is 4.98. The van der Waals surface area contributed by atoms with Gasteiger partial charge in [-0.05, 0) is 12.5 Å². The number of hydrogen-bond donors (Lipinski definition) is 0. The highest BCUT2D eigenvalue weighted by molar-refractivity contribution is 6.76. The van der Waals surface area contributed by atoms with Gasteiger partial charge >= 0.3 is 0 Å². The molecule has 17 heavy (non-hydrogen) atoms. The van der Waals surface area contributed by atoms with Crippen molar-refractivity contribution in [3.05, 3.63) is 0 Å². The SMILES string of the molecule is CCCCCCCCCC(C[Si](C)(C)C)OC. The molecule has 0 spiro atoms. The fourth-order valence-electron chi connectivity index (χ4n) is 2.32. The standard InChI is InChI=1S/C15H34OSi/c1-6-7-8-9-10-11-12-13-15(16-2)14-17(3,4)5/h15H,6-14H2,1-5H3. The summed E-state index contributed by atoms with van der Waals surface area (Å²) in [6.07, 6.45) is 11.6. The molecule has 0 aliphatic heterocycles. The van der Waals surface area contributed by atoms with E-state index in [1.54, 1.807) is 0 Å². The Morgan fingerprint density at radius 2 is 1.41 bits per heavy atom. The Labute approximate surface area is 110 Å². The molecule has 0 saturated carbocycles. The van der Waals surface area contributed by atoms with Crippen molar-refractivity contribution in [3.8, 4) is 0 Å². The van der Waals surface area contributed by atoms with E-state index in [4.69, 9.17) is 4.74 Å². The van der Waals surface area contributed by atoms with E-state index in [2.05, 4.69) is 26.6 Å². The highest BCUT2D eigenvalue weighted by Gasteiger charge is 2.19. The second-order valence-electron chi connectivity index (χ2n) is 6.53. The summed E-state index contributed by atoms with van der Waals surface area (Å²) in [5.41, 5.74) is 0. The minimum atomic E-state index is -0.952. The maximum Gasteiger partial charge on any atom is 0.0548 e. The Morgan fingerprint density at radius 1 is 0.882 bits per heavy atom. The Hall–Kier alpha value is 0.177. The quantitative estimate of drug-likeness (QED) is 0.352.